The second-order valence-corrected chi connectivity index (χ2v) is 9.32. The second-order valence-electron chi connectivity index (χ2n) is 6.87. The van der Waals surface area contributed by atoms with Crippen molar-refractivity contribution in [3.63, 3.8) is 0 Å². The molecular weight excluding hydrogens is 320 g/mol. The fourth-order valence-corrected chi connectivity index (χ4v) is 6.78. The summed E-state index contributed by atoms with van der Waals surface area (Å²) in [6.45, 7) is 1.57. The molecule has 1 aliphatic heterocycles. The predicted molar refractivity (Wildman–Crippen MR) is 84.0 cm³/mol. The SMILES string of the molecule is NS(=O)(=O)c1ccsc1C(=O)N1C[C@@H]2C3CCC(CC3)[C@@H]2C1. The van der Waals surface area contributed by atoms with Crippen molar-refractivity contribution in [3.8, 4) is 0 Å². The summed E-state index contributed by atoms with van der Waals surface area (Å²) < 4.78 is 23.2. The van der Waals surface area contributed by atoms with Crippen molar-refractivity contribution in [1.29, 1.82) is 0 Å². The van der Waals surface area contributed by atoms with E-state index in [1.165, 1.54) is 43.1 Å². The van der Waals surface area contributed by atoms with Crippen LogP contribution in [0.25, 0.3) is 0 Å². The summed E-state index contributed by atoms with van der Waals surface area (Å²) in [5, 5.41) is 6.84. The van der Waals surface area contributed by atoms with Gasteiger partial charge in [0, 0.05) is 13.1 Å². The van der Waals surface area contributed by atoms with E-state index in [0.29, 0.717) is 11.8 Å². The third-order valence-corrected chi connectivity index (χ3v) is 7.84. The molecule has 7 heteroatoms. The third kappa shape index (κ3) is 2.21. The number of rotatable bonds is 2. The van der Waals surface area contributed by atoms with Gasteiger partial charge in [0.05, 0.1) is 0 Å². The highest BCUT2D eigenvalue weighted by molar-refractivity contribution is 7.89. The molecule has 3 aliphatic carbocycles. The molecule has 4 fully saturated rings. The minimum absolute atomic E-state index is 0.0275. The molecule has 3 saturated carbocycles. The van der Waals surface area contributed by atoms with E-state index < -0.39 is 10.0 Å². The molecule has 0 unspecified atom stereocenters. The van der Waals surface area contributed by atoms with Crippen LogP contribution in [-0.2, 0) is 10.0 Å². The Morgan fingerprint density at radius 1 is 1.14 bits per heavy atom. The summed E-state index contributed by atoms with van der Waals surface area (Å²) in [7, 11) is -3.84. The average molecular weight is 340 g/mol. The van der Waals surface area contributed by atoms with Crippen molar-refractivity contribution in [3.05, 3.63) is 16.3 Å². The quantitative estimate of drug-likeness (QED) is 0.893. The highest BCUT2D eigenvalue weighted by Gasteiger charge is 2.49. The van der Waals surface area contributed by atoms with Gasteiger partial charge in [-0.2, -0.15) is 0 Å². The number of thiophene rings is 1. The Morgan fingerprint density at radius 2 is 1.68 bits per heavy atom. The first-order valence-electron chi connectivity index (χ1n) is 7.84. The van der Waals surface area contributed by atoms with Gasteiger partial charge in [0.25, 0.3) is 5.91 Å². The molecule has 1 aromatic rings. The standard InChI is InChI=1S/C15H20N2O3S2/c16-22(19,20)13-5-6-21-14(13)15(18)17-7-11-9-1-2-10(4-3-9)12(11)8-17/h5-6,9-12H,1-4,7-8H2,(H2,16,19,20)/t9?,10?,11-,12+. The van der Waals surface area contributed by atoms with E-state index in [2.05, 4.69) is 0 Å². The van der Waals surface area contributed by atoms with E-state index >= 15 is 0 Å². The number of sulfonamides is 1. The van der Waals surface area contributed by atoms with Crippen LogP contribution in [0.5, 0.6) is 0 Å². The van der Waals surface area contributed by atoms with E-state index in [-0.39, 0.29) is 15.7 Å². The number of carbonyl (C=O) groups excluding carboxylic acids is 1. The molecule has 0 aromatic carbocycles. The second kappa shape index (κ2) is 5.04. The van der Waals surface area contributed by atoms with E-state index in [9.17, 15) is 13.2 Å². The molecule has 1 aromatic heterocycles. The van der Waals surface area contributed by atoms with Gasteiger partial charge in [-0.1, -0.05) is 0 Å². The smallest absolute Gasteiger partial charge is 0.265 e. The van der Waals surface area contributed by atoms with Crippen LogP contribution in [0.2, 0.25) is 0 Å². The first-order chi connectivity index (χ1) is 10.4. The number of nitrogens with two attached hydrogens (primary N) is 1. The van der Waals surface area contributed by atoms with E-state index in [1.807, 2.05) is 4.90 Å². The van der Waals surface area contributed by atoms with Crippen molar-refractivity contribution in [1.82, 2.24) is 4.90 Å². The first-order valence-corrected chi connectivity index (χ1v) is 10.3. The molecule has 22 heavy (non-hydrogen) atoms. The van der Waals surface area contributed by atoms with Gasteiger partial charge >= 0.3 is 0 Å². The van der Waals surface area contributed by atoms with Gasteiger partial charge in [0.1, 0.15) is 9.77 Å². The molecule has 2 heterocycles. The number of primary sulfonamides is 1. The largest absolute Gasteiger partial charge is 0.337 e. The normalized spacial score (nSPS) is 34.0. The van der Waals surface area contributed by atoms with Gasteiger partial charge < -0.3 is 4.90 Å². The van der Waals surface area contributed by atoms with Gasteiger partial charge in [-0.05, 0) is 60.8 Å². The summed E-state index contributed by atoms with van der Waals surface area (Å²) in [6.07, 6.45) is 5.20. The summed E-state index contributed by atoms with van der Waals surface area (Å²) in [5.41, 5.74) is 0. The van der Waals surface area contributed by atoms with Crippen LogP contribution < -0.4 is 5.14 Å². The van der Waals surface area contributed by atoms with Crippen molar-refractivity contribution >= 4 is 27.3 Å². The molecule has 2 N–H and O–H groups in total. The first kappa shape index (κ1) is 14.7. The van der Waals surface area contributed by atoms with Crippen LogP contribution in [-0.4, -0.2) is 32.3 Å². The molecule has 0 spiro atoms. The van der Waals surface area contributed by atoms with Crippen molar-refractivity contribution < 1.29 is 13.2 Å². The summed E-state index contributed by atoms with van der Waals surface area (Å²) in [6, 6.07) is 1.43. The number of amides is 1. The molecule has 2 bridgehead atoms. The number of fused-ring (bicyclic) bond motifs is 2. The maximum Gasteiger partial charge on any atom is 0.265 e. The van der Waals surface area contributed by atoms with Crippen LogP contribution >= 0.6 is 11.3 Å². The van der Waals surface area contributed by atoms with Crippen LogP contribution in [0.4, 0.5) is 0 Å². The number of nitrogens with zero attached hydrogens (tertiary/aromatic N) is 1. The lowest BCUT2D eigenvalue weighted by Crippen LogP contribution is -2.38. The number of hydrogen-bond donors (Lipinski definition) is 1. The minimum Gasteiger partial charge on any atom is -0.337 e. The van der Waals surface area contributed by atoms with Crippen LogP contribution in [0.1, 0.15) is 35.4 Å². The molecule has 1 saturated heterocycles. The number of carbonyl (C=O) groups is 1. The lowest BCUT2D eigenvalue weighted by atomic mass is 9.60. The zero-order valence-corrected chi connectivity index (χ0v) is 13.9. The Hall–Kier alpha value is -0.920. The van der Waals surface area contributed by atoms with Crippen LogP contribution in [0.3, 0.4) is 0 Å². The Labute approximate surface area is 134 Å². The van der Waals surface area contributed by atoms with Gasteiger partial charge in [-0.3, -0.25) is 4.79 Å². The zero-order chi connectivity index (χ0) is 15.5. The molecular formula is C15H20N2O3S2. The maximum absolute atomic E-state index is 12.8. The molecule has 1 amide bonds. The monoisotopic (exact) mass is 340 g/mol. The highest BCUT2D eigenvalue weighted by atomic mass is 32.2. The number of hydrogen-bond acceptors (Lipinski definition) is 4. The maximum atomic E-state index is 12.8. The summed E-state index contributed by atoms with van der Waals surface area (Å²) in [5.74, 6) is 2.60. The Balaban J connectivity index is 1.59. The Bertz CT molecular complexity index is 684. The average Bonchev–Trinajstić information content (AvgIpc) is 3.15. The Morgan fingerprint density at radius 3 is 2.18 bits per heavy atom. The lowest BCUT2D eigenvalue weighted by Gasteiger charge is -2.44. The van der Waals surface area contributed by atoms with Gasteiger partial charge in [-0.15, -0.1) is 11.3 Å². The van der Waals surface area contributed by atoms with E-state index in [1.54, 1.807) is 5.38 Å². The molecule has 4 aliphatic rings. The summed E-state index contributed by atoms with van der Waals surface area (Å²) in [4.78, 5) is 14.9. The topological polar surface area (TPSA) is 80.5 Å². The molecule has 120 valence electrons. The number of likely N-dealkylation sites (tertiary alicyclic amines) is 1. The molecule has 2 atom stereocenters. The van der Waals surface area contributed by atoms with Crippen molar-refractivity contribution in [2.75, 3.05) is 13.1 Å². The zero-order valence-electron chi connectivity index (χ0n) is 12.3. The molecule has 5 nitrogen and oxygen atoms in total. The van der Waals surface area contributed by atoms with Crippen LogP contribution in [0, 0.1) is 23.7 Å². The van der Waals surface area contributed by atoms with Crippen molar-refractivity contribution in [2.45, 2.75) is 30.6 Å². The van der Waals surface area contributed by atoms with E-state index in [4.69, 9.17) is 5.14 Å². The van der Waals surface area contributed by atoms with E-state index in [0.717, 1.165) is 24.9 Å². The minimum atomic E-state index is -3.84. The molecule has 0 radical (unpaired) electrons. The van der Waals surface area contributed by atoms with Gasteiger partial charge in [0.2, 0.25) is 10.0 Å². The highest BCUT2D eigenvalue weighted by Crippen LogP contribution is 2.52. The Kier molecular flexibility index (Phi) is 3.36. The van der Waals surface area contributed by atoms with Crippen LogP contribution in [0.15, 0.2) is 16.3 Å². The predicted octanol–water partition coefficient (Wildman–Crippen LogP) is 1.90. The van der Waals surface area contributed by atoms with Gasteiger partial charge in [-0.25, -0.2) is 13.6 Å². The lowest BCUT2D eigenvalue weighted by molar-refractivity contribution is 0.0577. The van der Waals surface area contributed by atoms with Gasteiger partial charge in [0.15, 0.2) is 0 Å². The molecule has 5 rings (SSSR count). The van der Waals surface area contributed by atoms with Crippen molar-refractivity contribution in [2.24, 2.45) is 28.8 Å². The fourth-order valence-electron chi connectivity index (χ4n) is 4.84. The fraction of sp³-hybridized carbons (Fsp3) is 0.667. The summed E-state index contributed by atoms with van der Waals surface area (Å²) >= 11 is 1.17. The third-order valence-electron chi connectivity index (χ3n) is 5.86.